The number of aromatic nitrogens is 2. The van der Waals surface area contributed by atoms with Crippen LogP contribution in [0.25, 0.3) is 10.9 Å². The van der Waals surface area contributed by atoms with Crippen molar-refractivity contribution in [3.63, 3.8) is 0 Å². The molecule has 0 aliphatic carbocycles. The van der Waals surface area contributed by atoms with E-state index in [1.165, 1.54) is 0 Å². The van der Waals surface area contributed by atoms with Crippen molar-refractivity contribution in [1.29, 1.82) is 0 Å². The predicted molar refractivity (Wildman–Crippen MR) is 76.9 cm³/mol. The van der Waals surface area contributed by atoms with E-state index in [0.29, 0.717) is 5.69 Å². The van der Waals surface area contributed by atoms with Crippen LogP contribution in [0.1, 0.15) is 20.8 Å². The Morgan fingerprint density at radius 2 is 2.16 bits per heavy atom. The van der Waals surface area contributed by atoms with E-state index in [4.69, 9.17) is 5.73 Å². The van der Waals surface area contributed by atoms with Crippen molar-refractivity contribution in [2.45, 2.75) is 26.3 Å². The third-order valence-electron chi connectivity index (χ3n) is 2.56. The SMILES string of the molecule is CC(C)(C)NC(=O)CNc1cc2[nH]ncc2cc1N. The van der Waals surface area contributed by atoms with Gasteiger partial charge >= 0.3 is 0 Å². The average Bonchev–Trinajstić information content (AvgIpc) is 2.70. The average molecular weight is 261 g/mol. The highest BCUT2D eigenvalue weighted by Gasteiger charge is 2.13. The predicted octanol–water partition coefficient (Wildman–Crippen LogP) is 1.47. The zero-order valence-electron chi connectivity index (χ0n) is 11.4. The van der Waals surface area contributed by atoms with E-state index >= 15 is 0 Å². The monoisotopic (exact) mass is 261 g/mol. The minimum Gasteiger partial charge on any atom is -0.397 e. The van der Waals surface area contributed by atoms with Gasteiger partial charge in [-0.1, -0.05) is 0 Å². The maximum atomic E-state index is 11.7. The van der Waals surface area contributed by atoms with Crippen LogP contribution in [0.3, 0.4) is 0 Å². The molecule has 0 unspecified atom stereocenters. The molecule has 1 heterocycles. The number of nitrogens with two attached hydrogens (primary N) is 1. The molecule has 1 amide bonds. The maximum absolute atomic E-state index is 11.7. The molecule has 0 bridgehead atoms. The Labute approximate surface area is 111 Å². The molecule has 102 valence electrons. The molecule has 0 radical (unpaired) electrons. The summed E-state index contributed by atoms with van der Waals surface area (Å²) in [5.74, 6) is -0.0726. The second kappa shape index (κ2) is 4.79. The summed E-state index contributed by atoms with van der Waals surface area (Å²) in [7, 11) is 0. The normalized spacial score (nSPS) is 11.5. The first-order valence-electron chi connectivity index (χ1n) is 6.13. The largest absolute Gasteiger partial charge is 0.397 e. The highest BCUT2D eigenvalue weighted by Crippen LogP contribution is 2.24. The number of carbonyl (C=O) groups excluding carboxylic acids is 1. The third kappa shape index (κ3) is 3.37. The molecule has 0 fully saturated rings. The molecular weight excluding hydrogens is 242 g/mol. The van der Waals surface area contributed by atoms with Crippen LogP contribution in [0.2, 0.25) is 0 Å². The first kappa shape index (κ1) is 13.2. The van der Waals surface area contributed by atoms with Gasteiger partial charge in [0.2, 0.25) is 5.91 Å². The number of hydrogen-bond donors (Lipinski definition) is 4. The van der Waals surface area contributed by atoms with Crippen molar-refractivity contribution in [3.05, 3.63) is 18.3 Å². The molecule has 0 spiro atoms. The summed E-state index contributed by atoms with van der Waals surface area (Å²) in [4.78, 5) is 11.7. The molecule has 6 heteroatoms. The van der Waals surface area contributed by atoms with Gasteiger partial charge in [0.25, 0.3) is 0 Å². The van der Waals surface area contributed by atoms with Crippen LogP contribution < -0.4 is 16.4 Å². The Balaban J connectivity index is 2.05. The van der Waals surface area contributed by atoms with Crippen LogP contribution in [0.4, 0.5) is 11.4 Å². The Morgan fingerprint density at radius 3 is 2.84 bits per heavy atom. The molecule has 19 heavy (non-hydrogen) atoms. The van der Waals surface area contributed by atoms with Gasteiger partial charge in [-0.2, -0.15) is 5.10 Å². The zero-order chi connectivity index (χ0) is 14.0. The molecule has 0 saturated carbocycles. The Hall–Kier alpha value is -2.24. The number of nitrogen functional groups attached to an aromatic ring is 1. The number of amides is 1. The van der Waals surface area contributed by atoms with Gasteiger partial charge in [0, 0.05) is 10.9 Å². The van der Waals surface area contributed by atoms with E-state index < -0.39 is 0 Å². The lowest BCUT2D eigenvalue weighted by atomic mass is 10.1. The van der Waals surface area contributed by atoms with Gasteiger partial charge in [-0.05, 0) is 32.9 Å². The van der Waals surface area contributed by atoms with Crippen molar-refractivity contribution in [2.24, 2.45) is 0 Å². The highest BCUT2D eigenvalue weighted by atomic mass is 16.2. The van der Waals surface area contributed by atoms with Crippen LogP contribution in [0.15, 0.2) is 18.3 Å². The molecular formula is C13H19N5O. The summed E-state index contributed by atoms with van der Waals surface area (Å²) >= 11 is 0. The molecule has 6 nitrogen and oxygen atoms in total. The number of rotatable bonds is 3. The molecule has 5 N–H and O–H groups in total. The van der Waals surface area contributed by atoms with Gasteiger partial charge in [-0.25, -0.2) is 0 Å². The van der Waals surface area contributed by atoms with Crippen molar-refractivity contribution < 1.29 is 4.79 Å². The highest BCUT2D eigenvalue weighted by molar-refractivity contribution is 5.90. The number of nitrogens with zero attached hydrogens (tertiary/aromatic N) is 1. The van der Waals surface area contributed by atoms with Gasteiger partial charge in [0.1, 0.15) is 0 Å². The minimum atomic E-state index is -0.238. The van der Waals surface area contributed by atoms with E-state index in [-0.39, 0.29) is 18.0 Å². The van der Waals surface area contributed by atoms with Gasteiger partial charge in [-0.3, -0.25) is 9.89 Å². The van der Waals surface area contributed by atoms with Crippen LogP contribution in [-0.2, 0) is 4.79 Å². The fraction of sp³-hybridized carbons (Fsp3) is 0.385. The van der Waals surface area contributed by atoms with E-state index in [0.717, 1.165) is 16.6 Å². The summed E-state index contributed by atoms with van der Waals surface area (Å²) in [5.41, 5.74) is 7.89. The van der Waals surface area contributed by atoms with Crippen LogP contribution in [-0.4, -0.2) is 28.2 Å². The van der Waals surface area contributed by atoms with Crippen LogP contribution >= 0.6 is 0 Å². The van der Waals surface area contributed by atoms with Gasteiger partial charge in [-0.15, -0.1) is 0 Å². The molecule has 1 aromatic heterocycles. The summed E-state index contributed by atoms with van der Waals surface area (Å²) < 4.78 is 0. The lowest BCUT2D eigenvalue weighted by molar-refractivity contribution is -0.120. The Kier molecular flexibility index (Phi) is 3.33. The number of aromatic amines is 1. The summed E-state index contributed by atoms with van der Waals surface area (Å²) in [6.07, 6.45) is 1.71. The van der Waals surface area contributed by atoms with Crippen LogP contribution in [0, 0.1) is 0 Å². The van der Waals surface area contributed by atoms with Gasteiger partial charge in [0.15, 0.2) is 0 Å². The van der Waals surface area contributed by atoms with Gasteiger partial charge in [0.05, 0.1) is 29.6 Å². The first-order valence-corrected chi connectivity index (χ1v) is 6.13. The Morgan fingerprint density at radius 1 is 1.42 bits per heavy atom. The minimum absolute atomic E-state index is 0.0726. The molecule has 0 saturated heterocycles. The number of H-pyrrole nitrogens is 1. The Bertz CT molecular complexity index is 597. The second-order valence-corrected chi connectivity index (χ2v) is 5.55. The number of benzene rings is 1. The molecule has 0 aliphatic heterocycles. The smallest absolute Gasteiger partial charge is 0.239 e. The van der Waals surface area contributed by atoms with Crippen molar-refractivity contribution >= 4 is 28.2 Å². The zero-order valence-corrected chi connectivity index (χ0v) is 11.4. The molecule has 2 aromatic rings. The maximum Gasteiger partial charge on any atom is 0.239 e. The van der Waals surface area contributed by atoms with Crippen LogP contribution in [0.5, 0.6) is 0 Å². The van der Waals surface area contributed by atoms with Crippen molar-refractivity contribution in [3.8, 4) is 0 Å². The summed E-state index contributed by atoms with van der Waals surface area (Å²) in [6.45, 7) is 6.00. The molecule has 0 aliphatic rings. The number of fused-ring (bicyclic) bond motifs is 1. The van der Waals surface area contributed by atoms with Crippen molar-refractivity contribution in [1.82, 2.24) is 15.5 Å². The standard InChI is InChI=1S/C13H19N5O/c1-13(2,3)17-12(19)7-15-11-5-10-8(4-9(11)14)6-16-18-10/h4-6,15H,7,14H2,1-3H3,(H,16,18)(H,17,19). The second-order valence-electron chi connectivity index (χ2n) is 5.55. The van der Waals surface area contributed by atoms with E-state index in [1.807, 2.05) is 32.9 Å². The molecule has 2 rings (SSSR count). The quantitative estimate of drug-likeness (QED) is 0.629. The molecule has 1 aromatic carbocycles. The lowest BCUT2D eigenvalue weighted by Gasteiger charge is -2.21. The van der Waals surface area contributed by atoms with E-state index in [1.54, 1.807) is 6.20 Å². The molecule has 0 atom stereocenters. The lowest BCUT2D eigenvalue weighted by Crippen LogP contribution is -2.43. The van der Waals surface area contributed by atoms with E-state index in [9.17, 15) is 4.79 Å². The fourth-order valence-corrected chi connectivity index (χ4v) is 1.80. The number of hydrogen-bond acceptors (Lipinski definition) is 4. The summed E-state index contributed by atoms with van der Waals surface area (Å²) in [5, 5.41) is 13.7. The van der Waals surface area contributed by atoms with Gasteiger partial charge < -0.3 is 16.4 Å². The number of carbonyl (C=O) groups is 1. The topological polar surface area (TPSA) is 95.8 Å². The van der Waals surface area contributed by atoms with E-state index in [2.05, 4.69) is 20.8 Å². The summed E-state index contributed by atoms with van der Waals surface area (Å²) in [6, 6.07) is 3.67. The number of nitrogens with one attached hydrogen (secondary N) is 3. The van der Waals surface area contributed by atoms with Crippen molar-refractivity contribution in [2.75, 3.05) is 17.6 Å². The number of anilines is 2. The fourth-order valence-electron chi connectivity index (χ4n) is 1.80. The first-order chi connectivity index (χ1) is 8.85. The third-order valence-corrected chi connectivity index (χ3v) is 2.56.